The summed E-state index contributed by atoms with van der Waals surface area (Å²) < 4.78 is 13.6. The van der Waals surface area contributed by atoms with Gasteiger partial charge in [-0.1, -0.05) is 11.3 Å². The number of nitro groups is 1. The number of nitrogens with zero attached hydrogens (tertiary/aromatic N) is 3. The molecule has 0 aromatic carbocycles. The van der Waals surface area contributed by atoms with Crippen LogP contribution < -0.4 is 0 Å². The average molecular weight is 307 g/mol. The van der Waals surface area contributed by atoms with Crippen LogP contribution in [0.4, 0.5) is 5.00 Å². The van der Waals surface area contributed by atoms with E-state index in [4.69, 9.17) is 0 Å². The van der Waals surface area contributed by atoms with Gasteiger partial charge < -0.3 is 4.55 Å². The zero-order chi connectivity index (χ0) is 12.4. The van der Waals surface area contributed by atoms with Crippen LogP contribution in [0.2, 0.25) is 0 Å². The third-order valence-electron chi connectivity index (χ3n) is 1.63. The van der Waals surface area contributed by atoms with E-state index in [9.17, 15) is 14.7 Å². The smallest absolute Gasteiger partial charge is 0.348 e. The molecule has 1 unspecified atom stereocenters. The Labute approximate surface area is 111 Å². The van der Waals surface area contributed by atoms with Crippen LogP contribution in [0.3, 0.4) is 0 Å². The zero-order valence-electron chi connectivity index (χ0n) is 8.35. The molecular formula is C7H5N3O3S4. The highest BCUT2D eigenvalue weighted by molar-refractivity contribution is 8.01. The molecule has 0 aliphatic carbocycles. The first-order valence-corrected chi connectivity index (χ1v) is 8.14. The third-order valence-corrected chi connectivity index (χ3v) is 6.48. The lowest BCUT2D eigenvalue weighted by molar-refractivity contribution is -0.380. The second-order valence-corrected chi connectivity index (χ2v) is 7.61. The number of aromatic nitrogens is 2. The lowest BCUT2D eigenvalue weighted by atomic mass is 10.9. The highest BCUT2D eigenvalue weighted by Gasteiger charge is 2.26. The van der Waals surface area contributed by atoms with Gasteiger partial charge in [0.25, 0.3) is 0 Å². The van der Waals surface area contributed by atoms with Crippen molar-refractivity contribution in [2.24, 2.45) is 0 Å². The van der Waals surface area contributed by atoms with E-state index in [1.54, 1.807) is 6.20 Å². The molecule has 1 atom stereocenters. The second kappa shape index (κ2) is 5.31. The Bertz CT molecular complexity index is 540. The first-order chi connectivity index (χ1) is 8.11. The SMILES string of the molecule is CSc1cnc([S+]([O-])c2ncc([N+](=O)[O-])s2)s1. The molecule has 2 aromatic heterocycles. The minimum Gasteiger partial charge on any atom is -0.603 e. The first kappa shape index (κ1) is 12.8. The standard InChI is InChI=1S/C7H5N3O3S4/c1-14-5-3-9-7(16-5)17(13)6-8-2-4(15-6)10(11)12/h2-3H,1H3. The molecule has 10 heteroatoms. The van der Waals surface area contributed by atoms with Crippen LogP contribution in [0.5, 0.6) is 0 Å². The molecule has 0 spiro atoms. The molecule has 0 saturated carbocycles. The van der Waals surface area contributed by atoms with Crippen LogP contribution in [0, 0.1) is 10.1 Å². The topological polar surface area (TPSA) is 92.0 Å². The summed E-state index contributed by atoms with van der Waals surface area (Å²) in [4.78, 5) is 17.7. The van der Waals surface area contributed by atoms with Gasteiger partial charge in [-0.3, -0.25) is 10.1 Å². The molecule has 0 bridgehead atoms. The number of rotatable bonds is 4. The van der Waals surface area contributed by atoms with E-state index >= 15 is 0 Å². The van der Waals surface area contributed by atoms with E-state index in [-0.39, 0.29) is 9.34 Å². The fourth-order valence-electron chi connectivity index (χ4n) is 0.919. The number of thiazole rings is 2. The largest absolute Gasteiger partial charge is 0.603 e. The van der Waals surface area contributed by atoms with Crippen molar-refractivity contribution in [3.8, 4) is 0 Å². The number of thioether (sulfide) groups is 1. The highest BCUT2D eigenvalue weighted by atomic mass is 32.3. The average Bonchev–Trinajstić information content (AvgIpc) is 2.97. The van der Waals surface area contributed by atoms with Crippen molar-refractivity contribution < 1.29 is 9.48 Å². The lowest BCUT2D eigenvalue weighted by Crippen LogP contribution is -2.00. The summed E-state index contributed by atoms with van der Waals surface area (Å²) in [6.07, 6.45) is 4.64. The Morgan fingerprint density at radius 2 is 2.00 bits per heavy atom. The summed E-state index contributed by atoms with van der Waals surface area (Å²) in [6, 6.07) is 0. The third kappa shape index (κ3) is 2.77. The predicted octanol–water partition coefficient (Wildman–Crippen LogP) is 2.40. The Hall–Kier alpha value is -0.680. The van der Waals surface area contributed by atoms with Crippen LogP contribution in [-0.4, -0.2) is 25.7 Å². The van der Waals surface area contributed by atoms with Crippen molar-refractivity contribution in [3.05, 3.63) is 22.5 Å². The van der Waals surface area contributed by atoms with Gasteiger partial charge in [-0.15, -0.1) is 11.8 Å². The molecule has 2 rings (SSSR count). The Kier molecular flexibility index (Phi) is 3.99. The monoisotopic (exact) mass is 307 g/mol. The predicted molar refractivity (Wildman–Crippen MR) is 67.3 cm³/mol. The molecule has 17 heavy (non-hydrogen) atoms. The van der Waals surface area contributed by atoms with Gasteiger partial charge in [0.2, 0.25) is 0 Å². The number of hydrogen-bond donors (Lipinski definition) is 0. The Morgan fingerprint density at radius 3 is 2.53 bits per heavy atom. The molecular weight excluding hydrogens is 302 g/mol. The van der Waals surface area contributed by atoms with Crippen molar-refractivity contribution in [3.63, 3.8) is 0 Å². The molecule has 2 aromatic rings. The number of hydrogen-bond acceptors (Lipinski definition) is 8. The van der Waals surface area contributed by atoms with Crippen molar-refractivity contribution in [2.75, 3.05) is 6.26 Å². The van der Waals surface area contributed by atoms with Crippen molar-refractivity contribution in [2.45, 2.75) is 12.9 Å². The summed E-state index contributed by atoms with van der Waals surface area (Å²) in [6.45, 7) is 0. The summed E-state index contributed by atoms with van der Waals surface area (Å²) in [5.74, 6) is 0. The molecule has 0 radical (unpaired) electrons. The van der Waals surface area contributed by atoms with Gasteiger partial charge in [0.15, 0.2) is 0 Å². The highest BCUT2D eigenvalue weighted by Crippen LogP contribution is 2.33. The van der Waals surface area contributed by atoms with E-state index in [1.807, 2.05) is 6.26 Å². The van der Waals surface area contributed by atoms with E-state index in [2.05, 4.69) is 9.97 Å². The van der Waals surface area contributed by atoms with Crippen LogP contribution in [0.15, 0.2) is 25.3 Å². The van der Waals surface area contributed by atoms with E-state index < -0.39 is 16.1 Å². The van der Waals surface area contributed by atoms with Gasteiger partial charge in [-0.2, -0.15) is 9.97 Å². The van der Waals surface area contributed by atoms with Gasteiger partial charge in [0, 0.05) is 11.3 Å². The minimum atomic E-state index is -1.53. The van der Waals surface area contributed by atoms with Crippen LogP contribution in [0.25, 0.3) is 0 Å². The van der Waals surface area contributed by atoms with E-state index in [0.29, 0.717) is 4.34 Å². The molecule has 0 saturated heterocycles. The minimum absolute atomic E-state index is 0.116. The van der Waals surface area contributed by atoms with Gasteiger partial charge in [-0.05, 0) is 6.26 Å². The molecule has 6 nitrogen and oxygen atoms in total. The van der Waals surface area contributed by atoms with Gasteiger partial charge in [-0.25, -0.2) is 0 Å². The molecule has 2 heterocycles. The molecule has 0 N–H and O–H groups in total. The summed E-state index contributed by atoms with van der Waals surface area (Å²) in [5.41, 5.74) is 0. The van der Waals surface area contributed by atoms with Crippen molar-refractivity contribution in [1.29, 1.82) is 0 Å². The van der Waals surface area contributed by atoms with Crippen LogP contribution in [0.1, 0.15) is 0 Å². The van der Waals surface area contributed by atoms with Gasteiger partial charge in [0.1, 0.15) is 6.20 Å². The molecule has 90 valence electrons. The maximum atomic E-state index is 12.0. The lowest BCUT2D eigenvalue weighted by Gasteiger charge is -1.99. The molecule has 0 aliphatic rings. The van der Waals surface area contributed by atoms with Crippen LogP contribution in [-0.2, 0) is 11.2 Å². The summed E-state index contributed by atoms with van der Waals surface area (Å²) in [5, 5.41) is 10.4. The van der Waals surface area contributed by atoms with Crippen molar-refractivity contribution in [1.82, 2.24) is 9.97 Å². The van der Waals surface area contributed by atoms with E-state index in [1.165, 1.54) is 23.1 Å². The fraction of sp³-hybridized carbons (Fsp3) is 0.143. The Balaban J connectivity index is 2.23. The molecule has 0 aliphatic heterocycles. The summed E-state index contributed by atoms with van der Waals surface area (Å²) in [7, 11) is 0. The van der Waals surface area contributed by atoms with Crippen molar-refractivity contribution >= 4 is 50.6 Å². The van der Waals surface area contributed by atoms with E-state index in [0.717, 1.165) is 21.7 Å². The van der Waals surface area contributed by atoms with Crippen LogP contribution >= 0.6 is 34.4 Å². The maximum absolute atomic E-state index is 12.0. The zero-order valence-corrected chi connectivity index (χ0v) is 11.6. The Morgan fingerprint density at radius 1 is 1.35 bits per heavy atom. The van der Waals surface area contributed by atoms with Gasteiger partial charge in [0.05, 0.1) is 26.5 Å². The fourth-order valence-corrected chi connectivity index (χ4v) is 4.86. The normalized spacial score (nSPS) is 12.6. The first-order valence-electron chi connectivity index (χ1n) is 4.13. The molecule has 0 amide bonds. The maximum Gasteiger partial charge on any atom is 0.348 e. The summed E-state index contributed by atoms with van der Waals surface area (Å²) >= 11 is 2.09. The molecule has 0 fully saturated rings. The second-order valence-electron chi connectivity index (χ2n) is 2.64. The van der Waals surface area contributed by atoms with Gasteiger partial charge >= 0.3 is 13.7 Å². The quantitative estimate of drug-likeness (QED) is 0.373.